The molecule has 0 unspecified atom stereocenters. The predicted octanol–water partition coefficient (Wildman–Crippen LogP) is 1.32. The van der Waals surface area contributed by atoms with Crippen LogP contribution >= 0.6 is 12.6 Å². The van der Waals surface area contributed by atoms with Crippen molar-refractivity contribution in [1.82, 2.24) is 10.2 Å². The first kappa shape index (κ1) is 8.20. The van der Waals surface area contributed by atoms with Crippen molar-refractivity contribution in [2.24, 2.45) is 0 Å². The van der Waals surface area contributed by atoms with Crippen LogP contribution in [0, 0.1) is 0 Å². The van der Waals surface area contributed by atoms with Crippen LogP contribution in [0.3, 0.4) is 0 Å². The van der Waals surface area contributed by atoms with Gasteiger partial charge in [-0.25, -0.2) is 0 Å². The van der Waals surface area contributed by atoms with Gasteiger partial charge in [0.2, 0.25) is 0 Å². The van der Waals surface area contributed by atoms with E-state index in [0.717, 1.165) is 17.7 Å². The fourth-order valence-corrected chi connectivity index (χ4v) is 0.872. The summed E-state index contributed by atoms with van der Waals surface area (Å²) in [5.74, 6) is 1.47. The van der Waals surface area contributed by atoms with Crippen LogP contribution in [0.4, 0.5) is 5.82 Å². The molecule has 0 fully saturated rings. The maximum atomic E-state index is 5.53. The third kappa shape index (κ3) is 2.31. The fourth-order valence-electron chi connectivity index (χ4n) is 0.723. The number of aromatic nitrogens is 2. The van der Waals surface area contributed by atoms with Crippen molar-refractivity contribution in [2.45, 2.75) is 6.42 Å². The molecule has 0 saturated carbocycles. The number of thiol groups is 1. The molecule has 1 rings (SSSR count). The van der Waals surface area contributed by atoms with Gasteiger partial charge in [-0.3, -0.25) is 5.10 Å². The van der Waals surface area contributed by atoms with Gasteiger partial charge >= 0.3 is 0 Å². The number of aromatic amines is 1. The van der Waals surface area contributed by atoms with Gasteiger partial charge in [0.15, 0.2) is 0 Å². The number of anilines is 1. The molecule has 0 radical (unpaired) electrons. The smallest absolute Gasteiger partial charge is 0.126 e. The van der Waals surface area contributed by atoms with Crippen molar-refractivity contribution in [1.29, 1.82) is 0 Å². The van der Waals surface area contributed by atoms with E-state index in [1.807, 2.05) is 12.2 Å². The molecular formula is C7H11N3S. The molecule has 1 aromatic heterocycles. The van der Waals surface area contributed by atoms with E-state index in [0.29, 0.717) is 5.82 Å². The van der Waals surface area contributed by atoms with Crippen LogP contribution in [0.1, 0.15) is 12.0 Å². The molecule has 0 aromatic carbocycles. The van der Waals surface area contributed by atoms with Crippen molar-refractivity contribution in [3.63, 3.8) is 0 Å². The molecule has 60 valence electrons. The van der Waals surface area contributed by atoms with Crippen molar-refractivity contribution < 1.29 is 0 Å². The molecule has 3 nitrogen and oxygen atoms in total. The van der Waals surface area contributed by atoms with Crippen molar-refractivity contribution in [3.8, 4) is 0 Å². The monoisotopic (exact) mass is 169 g/mol. The highest BCUT2D eigenvalue weighted by atomic mass is 32.1. The third-order valence-electron chi connectivity index (χ3n) is 1.29. The van der Waals surface area contributed by atoms with Crippen LogP contribution in [0.2, 0.25) is 0 Å². The number of nitrogen functional groups attached to an aromatic ring is 1. The minimum absolute atomic E-state index is 0.611. The van der Waals surface area contributed by atoms with Gasteiger partial charge < -0.3 is 5.73 Å². The largest absolute Gasteiger partial charge is 0.384 e. The van der Waals surface area contributed by atoms with Gasteiger partial charge in [-0.05, 0) is 12.2 Å². The lowest BCUT2D eigenvalue weighted by molar-refractivity contribution is 1.10. The van der Waals surface area contributed by atoms with Gasteiger partial charge in [0.05, 0.1) is 6.20 Å². The number of rotatable bonds is 3. The van der Waals surface area contributed by atoms with Gasteiger partial charge in [-0.15, -0.1) is 0 Å². The summed E-state index contributed by atoms with van der Waals surface area (Å²) in [5.41, 5.74) is 6.47. The van der Waals surface area contributed by atoms with Crippen molar-refractivity contribution >= 4 is 24.5 Å². The number of nitrogens with two attached hydrogens (primary N) is 1. The lowest BCUT2D eigenvalue weighted by atomic mass is 10.3. The molecule has 0 saturated heterocycles. The first-order chi connectivity index (χ1) is 5.34. The van der Waals surface area contributed by atoms with Gasteiger partial charge in [0.1, 0.15) is 5.82 Å². The second-order valence-corrected chi connectivity index (χ2v) is 2.60. The first-order valence-electron chi connectivity index (χ1n) is 3.41. The highest BCUT2D eigenvalue weighted by Crippen LogP contribution is 2.08. The molecule has 11 heavy (non-hydrogen) atoms. The molecule has 0 atom stereocenters. The molecular weight excluding hydrogens is 158 g/mol. The third-order valence-corrected chi connectivity index (χ3v) is 1.55. The molecule has 1 aromatic rings. The summed E-state index contributed by atoms with van der Waals surface area (Å²) in [6.07, 6.45) is 6.61. The summed E-state index contributed by atoms with van der Waals surface area (Å²) in [4.78, 5) is 0. The average Bonchev–Trinajstić information content (AvgIpc) is 2.37. The maximum Gasteiger partial charge on any atom is 0.126 e. The molecule has 0 aliphatic rings. The van der Waals surface area contributed by atoms with Gasteiger partial charge in [-0.1, -0.05) is 12.2 Å². The minimum Gasteiger partial charge on any atom is -0.384 e. The van der Waals surface area contributed by atoms with Crippen molar-refractivity contribution in [3.05, 3.63) is 17.8 Å². The molecule has 0 aliphatic carbocycles. The molecule has 1 heterocycles. The number of allylic oxidation sites excluding steroid dienone is 1. The number of nitrogens with zero attached hydrogens (tertiary/aromatic N) is 1. The molecule has 4 heteroatoms. The average molecular weight is 169 g/mol. The Morgan fingerprint density at radius 3 is 3.09 bits per heavy atom. The van der Waals surface area contributed by atoms with Crippen LogP contribution in [-0.2, 0) is 0 Å². The van der Waals surface area contributed by atoms with Gasteiger partial charge in [-0.2, -0.15) is 17.7 Å². The molecule has 0 bridgehead atoms. The Morgan fingerprint density at radius 2 is 2.55 bits per heavy atom. The van der Waals surface area contributed by atoms with Crippen LogP contribution in [0.25, 0.3) is 6.08 Å². The lowest BCUT2D eigenvalue weighted by Gasteiger charge is -1.87. The minimum atomic E-state index is 0.611. The van der Waals surface area contributed by atoms with E-state index in [1.54, 1.807) is 6.20 Å². The molecule has 0 spiro atoms. The summed E-state index contributed by atoms with van der Waals surface area (Å²) >= 11 is 4.07. The Kier molecular flexibility index (Phi) is 3.04. The summed E-state index contributed by atoms with van der Waals surface area (Å²) < 4.78 is 0. The SMILES string of the molecule is Nc1[nH]ncc1C=CCCS. The Labute approximate surface area is 71.1 Å². The fraction of sp³-hybridized carbons (Fsp3) is 0.286. The molecule has 3 N–H and O–H groups in total. The Bertz CT molecular complexity index is 242. The number of H-pyrrole nitrogens is 1. The highest BCUT2D eigenvalue weighted by Gasteiger charge is 1.93. The van der Waals surface area contributed by atoms with Gasteiger partial charge in [0, 0.05) is 5.56 Å². The van der Waals surface area contributed by atoms with E-state index < -0.39 is 0 Å². The van der Waals surface area contributed by atoms with Crippen LogP contribution in [0.15, 0.2) is 12.3 Å². The number of nitrogens with one attached hydrogen (secondary N) is 1. The van der Waals surface area contributed by atoms with Crippen LogP contribution in [-0.4, -0.2) is 16.0 Å². The van der Waals surface area contributed by atoms with E-state index >= 15 is 0 Å². The van der Waals surface area contributed by atoms with E-state index in [9.17, 15) is 0 Å². The highest BCUT2D eigenvalue weighted by molar-refractivity contribution is 7.80. The van der Waals surface area contributed by atoms with E-state index in [2.05, 4.69) is 22.8 Å². The normalized spacial score (nSPS) is 11.0. The Hall–Kier alpha value is -0.900. The topological polar surface area (TPSA) is 54.7 Å². The predicted molar refractivity (Wildman–Crippen MR) is 50.5 cm³/mol. The number of hydrogen-bond acceptors (Lipinski definition) is 3. The number of hydrogen-bond donors (Lipinski definition) is 3. The summed E-state index contributed by atoms with van der Waals surface area (Å²) in [6, 6.07) is 0. The second-order valence-electron chi connectivity index (χ2n) is 2.15. The zero-order valence-electron chi connectivity index (χ0n) is 6.12. The Balaban J connectivity index is 2.56. The lowest BCUT2D eigenvalue weighted by Crippen LogP contribution is -1.85. The van der Waals surface area contributed by atoms with Crippen LogP contribution < -0.4 is 5.73 Å². The quantitative estimate of drug-likeness (QED) is 0.598. The standard InChI is InChI=1S/C7H11N3S/c8-7-6(5-9-10-7)3-1-2-4-11/h1,3,5,11H,2,4H2,(H3,8,9,10). The summed E-state index contributed by atoms with van der Waals surface area (Å²) in [6.45, 7) is 0. The van der Waals surface area contributed by atoms with E-state index in [4.69, 9.17) is 5.73 Å². The molecule has 0 amide bonds. The van der Waals surface area contributed by atoms with Gasteiger partial charge in [0.25, 0.3) is 0 Å². The summed E-state index contributed by atoms with van der Waals surface area (Å²) in [5, 5.41) is 6.43. The summed E-state index contributed by atoms with van der Waals surface area (Å²) in [7, 11) is 0. The zero-order valence-corrected chi connectivity index (χ0v) is 7.01. The van der Waals surface area contributed by atoms with E-state index in [-0.39, 0.29) is 0 Å². The van der Waals surface area contributed by atoms with Crippen LogP contribution in [0.5, 0.6) is 0 Å². The maximum absolute atomic E-state index is 5.53. The Morgan fingerprint density at radius 1 is 1.73 bits per heavy atom. The van der Waals surface area contributed by atoms with E-state index in [1.165, 1.54) is 0 Å². The van der Waals surface area contributed by atoms with Crippen molar-refractivity contribution in [2.75, 3.05) is 11.5 Å². The second kappa shape index (κ2) is 4.08. The first-order valence-corrected chi connectivity index (χ1v) is 4.04. The molecule has 0 aliphatic heterocycles. The zero-order chi connectivity index (χ0) is 8.10.